The van der Waals surface area contributed by atoms with E-state index in [2.05, 4.69) is 10.0 Å². The Morgan fingerprint density at radius 1 is 1.06 bits per heavy atom. The van der Waals surface area contributed by atoms with Gasteiger partial charge < -0.3 is 15.2 Å². The largest absolute Gasteiger partial charge is 0.478 e. The molecule has 0 aromatic heterocycles. The minimum Gasteiger partial charge on any atom is -0.478 e. The smallest absolute Gasteiger partial charge is 0.335 e. The summed E-state index contributed by atoms with van der Waals surface area (Å²) in [6, 6.07) is 20.3. The van der Waals surface area contributed by atoms with Gasteiger partial charge in [0, 0.05) is 12.2 Å². The summed E-state index contributed by atoms with van der Waals surface area (Å²) in [6.45, 7) is 2.62. The number of ether oxygens (including phenoxy) is 1. The summed E-state index contributed by atoms with van der Waals surface area (Å²) in [7, 11) is -3.65. The summed E-state index contributed by atoms with van der Waals surface area (Å²) in [5.74, 6) is -0.531. The topological polar surface area (TPSA) is 112 Å². The molecule has 3 rings (SSSR count). The molecule has 0 amide bonds. The standard InChI is InChI=1S/C23H25N3O4S/c1-2-3-14-25-20-15-17(23(27)28)16-21(22(20)30-19-12-8-5-9-13-19)31(24,29)26-18-10-6-4-7-11-18/h4-13,15-16,25H,2-3,14H2,1H3,(H,27,28)(H2,24,26,29). The van der Waals surface area contributed by atoms with Crippen LogP contribution in [0.5, 0.6) is 11.5 Å². The number of aromatic carboxylic acids is 1. The molecular formula is C23H25N3O4S. The molecule has 0 bridgehead atoms. The highest BCUT2D eigenvalue weighted by Gasteiger charge is 2.24. The van der Waals surface area contributed by atoms with Crippen LogP contribution < -0.4 is 14.8 Å². The van der Waals surface area contributed by atoms with E-state index in [1.807, 2.05) is 19.1 Å². The molecule has 8 heteroatoms. The number of rotatable bonds is 10. The number of hydrogen-bond donors (Lipinski definition) is 4. The van der Waals surface area contributed by atoms with Crippen molar-refractivity contribution in [2.75, 3.05) is 16.6 Å². The SMILES string of the molecule is CCCCNc1cc(C(=O)O)cc(S(=N)(=O)Nc2ccccc2)c1Oc1ccccc1. The van der Waals surface area contributed by atoms with Crippen LogP contribution in [0, 0.1) is 4.78 Å². The maximum absolute atomic E-state index is 13.5. The van der Waals surface area contributed by atoms with Gasteiger partial charge in [-0.3, -0.25) is 4.72 Å². The van der Waals surface area contributed by atoms with Gasteiger partial charge in [-0.1, -0.05) is 49.7 Å². The third kappa shape index (κ3) is 5.76. The molecule has 162 valence electrons. The number of para-hydroxylation sites is 2. The third-order valence-electron chi connectivity index (χ3n) is 4.46. The molecule has 0 aliphatic carbocycles. The minimum absolute atomic E-state index is 0.0425. The average Bonchev–Trinajstić information content (AvgIpc) is 2.75. The molecule has 0 saturated heterocycles. The first-order valence-corrected chi connectivity index (χ1v) is 11.5. The summed E-state index contributed by atoms with van der Waals surface area (Å²) < 4.78 is 30.8. The molecule has 0 spiro atoms. The van der Waals surface area contributed by atoms with Gasteiger partial charge in [0.1, 0.15) is 10.6 Å². The molecule has 7 nitrogen and oxygen atoms in total. The number of anilines is 2. The second-order valence-corrected chi connectivity index (χ2v) is 8.63. The number of benzene rings is 3. The van der Waals surface area contributed by atoms with Crippen LogP contribution in [-0.4, -0.2) is 21.8 Å². The average molecular weight is 440 g/mol. The van der Waals surface area contributed by atoms with E-state index < -0.39 is 15.9 Å². The van der Waals surface area contributed by atoms with Crippen molar-refractivity contribution in [1.82, 2.24) is 0 Å². The minimum atomic E-state index is -3.65. The highest BCUT2D eigenvalue weighted by molar-refractivity contribution is 7.93. The van der Waals surface area contributed by atoms with Gasteiger partial charge in [-0.15, -0.1) is 0 Å². The summed E-state index contributed by atoms with van der Waals surface area (Å²) >= 11 is 0. The molecule has 0 heterocycles. The summed E-state index contributed by atoms with van der Waals surface area (Å²) in [5.41, 5.74) is 0.778. The van der Waals surface area contributed by atoms with Crippen LogP contribution >= 0.6 is 0 Å². The van der Waals surface area contributed by atoms with Gasteiger partial charge in [0.15, 0.2) is 15.7 Å². The highest BCUT2D eigenvalue weighted by Crippen LogP contribution is 2.38. The van der Waals surface area contributed by atoms with Crippen LogP contribution in [0.15, 0.2) is 77.7 Å². The van der Waals surface area contributed by atoms with E-state index in [0.29, 0.717) is 23.7 Å². The first kappa shape index (κ1) is 22.2. The normalized spacial score (nSPS) is 12.5. The van der Waals surface area contributed by atoms with E-state index in [-0.39, 0.29) is 16.2 Å². The van der Waals surface area contributed by atoms with Crippen molar-refractivity contribution in [2.24, 2.45) is 0 Å². The molecule has 1 atom stereocenters. The van der Waals surface area contributed by atoms with Crippen molar-refractivity contribution in [1.29, 1.82) is 4.78 Å². The van der Waals surface area contributed by atoms with Crippen molar-refractivity contribution >= 4 is 27.3 Å². The van der Waals surface area contributed by atoms with Gasteiger partial charge in [-0.05, 0) is 42.8 Å². The van der Waals surface area contributed by atoms with Crippen LogP contribution in [0.3, 0.4) is 0 Å². The maximum atomic E-state index is 13.5. The first-order chi connectivity index (χ1) is 14.9. The lowest BCUT2D eigenvalue weighted by Gasteiger charge is -2.20. The van der Waals surface area contributed by atoms with Crippen molar-refractivity contribution in [2.45, 2.75) is 24.7 Å². The molecule has 3 aromatic rings. The van der Waals surface area contributed by atoms with Gasteiger partial charge >= 0.3 is 5.97 Å². The van der Waals surface area contributed by atoms with E-state index in [9.17, 15) is 14.1 Å². The predicted molar refractivity (Wildman–Crippen MR) is 123 cm³/mol. The first-order valence-electron chi connectivity index (χ1n) is 9.90. The highest BCUT2D eigenvalue weighted by atomic mass is 32.2. The number of carboxylic acid groups (broad SMARTS) is 1. The number of hydrogen-bond acceptors (Lipinski definition) is 5. The lowest BCUT2D eigenvalue weighted by molar-refractivity contribution is 0.0696. The lowest BCUT2D eigenvalue weighted by atomic mass is 10.1. The van der Waals surface area contributed by atoms with E-state index in [1.54, 1.807) is 48.5 Å². The fraction of sp³-hybridized carbons (Fsp3) is 0.174. The zero-order valence-electron chi connectivity index (χ0n) is 17.1. The summed E-state index contributed by atoms with van der Waals surface area (Å²) in [4.78, 5) is 11.7. The van der Waals surface area contributed by atoms with Gasteiger partial charge in [-0.2, -0.15) is 0 Å². The molecule has 0 aliphatic rings. The second kappa shape index (κ2) is 9.99. The van der Waals surface area contributed by atoms with Crippen LogP contribution in [0.1, 0.15) is 30.1 Å². The van der Waals surface area contributed by atoms with Crippen LogP contribution in [-0.2, 0) is 9.92 Å². The Morgan fingerprint density at radius 3 is 2.32 bits per heavy atom. The van der Waals surface area contributed by atoms with Crippen LogP contribution in [0.4, 0.5) is 11.4 Å². The van der Waals surface area contributed by atoms with Crippen molar-refractivity contribution in [3.05, 3.63) is 78.4 Å². The fourth-order valence-electron chi connectivity index (χ4n) is 2.91. The second-order valence-electron chi connectivity index (χ2n) is 6.88. The molecule has 0 fully saturated rings. The zero-order chi connectivity index (χ0) is 22.3. The lowest BCUT2D eigenvalue weighted by Crippen LogP contribution is -2.15. The summed E-state index contributed by atoms with van der Waals surface area (Å²) in [6.07, 6.45) is 1.80. The Balaban J connectivity index is 2.14. The molecule has 1 unspecified atom stereocenters. The number of unbranched alkanes of at least 4 members (excludes halogenated alkanes) is 1. The molecule has 0 radical (unpaired) electrons. The maximum Gasteiger partial charge on any atom is 0.335 e. The van der Waals surface area contributed by atoms with Gasteiger partial charge in [0.25, 0.3) is 0 Å². The van der Waals surface area contributed by atoms with E-state index >= 15 is 0 Å². The summed E-state index contributed by atoms with van der Waals surface area (Å²) in [5, 5.41) is 12.8. The Labute approximate surface area is 182 Å². The van der Waals surface area contributed by atoms with Crippen molar-refractivity contribution in [3.63, 3.8) is 0 Å². The Bertz CT molecular complexity index is 1130. The van der Waals surface area contributed by atoms with Gasteiger partial charge in [-0.25, -0.2) is 13.8 Å². The quantitative estimate of drug-likeness (QED) is 0.297. The van der Waals surface area contributed by atoms with Gasteiger partial charge in [0.2, 0.25) is 0 Å². The Hall–Kier alpha value is -3.52. The molecule has 0 saturated carbocycles. The Morgan fingerprint density at radius 2 is 1.71 bits per heavy atom. The zero-order valence-corrected chi connectivity index (χ0v) is 17.9. The van der Waals surface area contributed by atoms with E-state index in [4.69, 9.17) is 9.52 Å². The Kier molecular flexibility index (Phi) is 7.15. The fourth-order valence-corrected chi connectivity index (χ4v) is 4.19. The van der Waals surface area contributed by atoms with Crippen LogP contribution in [0.25, 0.3) is 0 Å². The van der Waals surface area contributed by atoms with Crippen molar-refractivity contribution in [3.8, 4) is 11.5 Å². The van der Waals surface area contributed by atoms with Gasteiger partial charge in [0.05, 0.1) is 11.3 Å². The molecule has 0 aliphatic heterocycles. The predicted octanol–water partition coefficient (Wildman–Crippen LogP) is 5.82. The number of carbonyl (C=O) groups is 1. The number of carboxylic acids is 1. The number of nitrogens with one attached hydrogen (secondary N) is 3. The molecule has 31 heavy (non-hydrogen) atoms. The van der Waals surface area contributed by atoms with E-state index in [0.717, 1.165) is 12.8 Å². The van der Waals surface area contributed by atoms with E-state index in [1.165, 1.54) is 12.1 Å². The molecular weight excluding hydrogens is 414 g/mol. The van der Waals surface area contributed by atoms with Crippen LogP contribution in [0.2, 0.25) is 0 Å². The monoisotopic (exact) mass is 439 g/mol. The molecule has 3 aromatic carbocycles. The molecule has 4 N–H and O–H groups in total. The van der Waals surface area contributed by atoms with Crippen molar-refractivity contribution < 1.29 is 18.8 Å². The third-order valence-corrected chi connectivity index (χ3v) is 5.90.